The molecule has 0 aromatic carbocycles. The van der Waals surface area contributed by atoms with Gasteiger partial charge in [-0.25, -0.2) is 0 Å². The summed E-state index contributed by atoms with van der Waals surface area (Å²) in [5.74, 6) is -0.395. The highest BCUT2D eigenvalue weighted by Gasteiger charge is 2.39. The largest absolute Gasteiger partial charge is 0.365 e. The summed E-state index contributed by atoms with van der Waals surface area (Å²) in [5.41, 5.74) is 0.146. The van der Waals surface area contributed by atoms with E-state index >= 15 is 0 Å². The van der Waals surface area contributed by atoms with Gasteiger partial charge in [0.2, 0.25) is 0 Å². The van der Waals surface area contributed by atoms with Crippen LogP contribution in [0.4, 0.5) is 0 Å². The van der Waals surface area contributed by atoms with Crippen LogP contribution in [0.1, 0.15) is 40.0 Å². The van der Waals surface area contributed by atoms with Crippen LogP contribution in [0.25, 0.3) is 0 Å². The summed E-state index contributed by atoms with van der Waals surface area (Å²) in [6.45, 7) is 11.7. The first-order valence-electron chi connectivity index (χ1n) is 6.50. The van der Waals surface area contributed by atoms with E-state index in [1.807, 2.05) is 13.0 Å². The predicted molar refractivity (Wildman–Crippen MR) is 66.8 cm³/mol. The van der Waals surface area contributed by atoms with Gasteiger partial charge >= 0.3 is 0 Å². The Morgan fingerprint density at radius 3 is 2.41 bits per heavy atom. The highest BCUT2D eigenvalue weighted by molar-refractivity contribution is 4.97. The van der Waals surface area contributed by atoms with Crippen molar-refractivity contribution in [3.63, 3.8) is 0 Å². The summed E-state index contributed by atoms with van der Waals surface area (Å²) in [4.78, 5) is 0. The smallest absolute Gasteiger partial charge is 0.165 e. The first kappa shape index (κ1) is 13.1. The van der Waals surface area contributed by atoms with Crippen molar-refractivity contribution < 1.29 is 14.2 Å². The Morgan fingerprint density at radius 2 is 1.88 bits per heavy atom. The first-order valence-corrected chi connectivity index (χ1v) is 6.50. The van der Waals surface area contributed by atoms with Gasteiger partial charge in [-0.15, -0.1) is 6.58 Å². The number of hydrogen-bond donors (Lipinski definition) is 0. The lowest BCUT2D eigenvalue weighted by Gasteiger charge is -2.41. The van der Waals surface area contributed by atoms with E-state index in [0.717, 1.165) is 32.5 Å². The van der Waals surface area contributed by atoms with Crippen LogP contribution in [0, 0.1) is 5.41 Å². The molecule has 2 saturated heterocycles. The Balaban J connectivity index is 1.67. The Kier molecular flexibility index (Phi) is 3.62. The van der Waals surface area contributed by atoms with Crippen molar-refractivity contribution in [1.82, 2.24) is 0 Å². The molecule has 0 saturated carbocycles. The van der Waals surface area contributed by atoms with E-state index in [2.05, 4.69) is 20.4 Å². The molecule has 0 spiro atoms. The first-order chi connectivity index (χ1) is 7.94. The summed E-state index contributed by atoms with van der Waals surface area (Å²) in [6, 6.07) is 0. The molecule has 2 aliphatic heterocycles. The molecular weight excluding hydrogens is 216 g/mol. The summed E-state index contributed by atoms with van der Waals surface area (Å²) < 4.78 is 17.1. The van der Waals surface area contributed by atoms with Crippen LogP contribution in [0.2, 0.25) is 0 Å². The molecule has 0 aromatic heterocycles. The Hall–Kier alpha value is -0.380. The minimum atomic E-state index is -0.395. The standard InChI is InChI=1S/C14H24O3/c1-5-11-12(17-11)7-6-8-14(4)15-9-13(2,3)10-16-14/h5,11-12H,1,6-10H2,2-4H3/t11-,12+/m0/s1. The van der Waals surface area contributed by atoms with Crippen LogP contribution in [-0.2, 0) is 14.2 Å². The number of hydrogen-bond acceptors (Lipinski definition) is 3. The van der Waals surface area contributed by atoms with Gasteiger partial charge in [0.15, 0.2) is 5.79 Å². The van der Waals surface area contributed by atoms with Gasteiger partial charge in [-0.05, 0) is 19.8 Å². The summed E-state index contributed by atoms with van der Waals surface area (Å²) in [7, 11) is 0. The van der Waals surface area contributed by atoms with Gasteiger partial charge in [0.05, 0.1) is 19.3 Å². The fraction of sp³-hybridized carbons (Fsp3) is 0.857. The van der Waals surface area contributed by atoms with Gasteiger partial charge in [-0.3, -0.25) is 0 Å². The molecule has 0 bridgehead atoms. The number of ether oxygens (including phenoxy) is 3. The van der Waals surface area contributed by atoms with Gasteiger partial charge in [-0.1, -0.05) is 19.9 Å². The Labute approximate surface area is 104 Å². The maximum Gasteiger partial charge on any atom is 0.165 e. The molecule has 3 heteroatoms. The van der Waals surface area contributed by atoms with Gasteiger partial charge in [0, 0.05) is 11.8 Å². The van der Waals surface area contributed by atoms with E-state index in [0.29, 0.717) is 6.10 Å². The van der Waals surface area contributed by atoms with Gasteiger partial charge in [0.25, 0.3) is 0 Å². The highest BCUT2D eigenvalue weighted by atomic mass is 16.7. The second-order valence-electron chi connectivity index (χ2n) is 6.14. The van der Waals surface area contributed by atoms with Crippen molar-refractivity contribution >= 4 is 0 Å². The zero-order chi connectivity index (χ0) is 12.5. The van der Waals surface area contributed by atoms with Crippen LogP contribution >= 0.6 is 0 Å². The molecule has 2 atom stereocenters. The topological polar surface area (TPSA) is 31.0 Å². The van der Waals surface area contributed by atoms with E-state index < -0.39 is 5.79 Å². The zero-order valence-corrected chi connectivity index (χ0v) is 11.2. The molecule has 0 amide bonds. The van der Waals surface area contributed by atoms with Crippen LogP contribution in [0.5, 0.6) is 0 Å². The quantitative estimate of drug-likeness (QED) is 0.547. The lowest BCUT2D eigenvalue weighted by molar-refractivity contribution is -0.292. The third kappa shape index (κ3) is 3.54. The van der Waals surface area contributed by atoms with Crippen molar-refractivity contribution in [2.75, 3.05) is 13.2 Å². The molecule has 0 unspecified atom stereocenters. The SMILES string of the molecule is C=C[C@@H]1O[C@@H]1CCCC1(C)OCC(C)(C)CO1. The van der Waals surface area contributed by atoms with Crippen molar-refractivity contribution in [2.45, 2.75) is 58.0 Å². The highest BCUT2D eigenvalue weighted by Crippen LogP contribution is 2.34. The summed E-state index contributed by atoms with van der Waals surface area (Å²) in [6.07, 6.45) is 5.63. The molecule has 2 fully saturated rings. The lowest BCUT2D eigenvalue weighted by Crippen LogP contribution is -2.45. The molecule has 0 N–H and O–H groups in total. The molecule has 17 heavy (non-hydrogen) atoms. The van der Waals surface area contributed by atoms with E-state index in [-0.39, 0.29) is 11.5 Å². The van der Waals surface area contributed by atoms with E-state index in [1.54, 1.807) is 0 Å². The van der Waals surface area contributed by atoms with E-state index in [9.17, 15) is 0 Å². The average Bonchev–Trinajstić information content (AvgIpc) is 3.02. The van der Waals surface area contributed by atoms with Crippen LogP contribution in [0.3, 0.4) is 0 Å². The van der Waals surface area contributed by atoms with Crippen LogP contribution in [-0.4, -0.2) is 31.2 Å². The second kappa shape index (κ2) is 4.71. The fourth-order valence-corrected chi connectivity index (χ4v) is 2.14. The van der Waals surface area contributed by atoms with Gasteiger partial charge < -0.3 is 14.2 Å². The van der Waals surface area contributed by atoms with Crippen molar-refractivity contribution in [2.24, 2.45) is 5.41 Å². The number of rotatable bonds is 5. The molecular formula is C14H24O3. The second-order valence-corrected chi connectivity index (χ2v) is 6.14. The minimum absolute atomic E-state index is 0.146. The molecule has 98 valence electrons. The van der Waals surface area contributed by atoms with Crippen molar-refractivity contribution in [3.8, 4) is 0 Å². The third-order valence-corrected chi connectivity index (χ3v) is 3.51. The third-order valence-electron chi connectivity index (χ3n) is 3.51. The predicted octanol–water partition coefficient (Wildman–Crippen LogP) is 2.90. The number of epoxide rings is 1. The molecule has 0 aliphatic carbocycles. The molecule has 2 aliphatic rings. The van der Waals surface area contributed by atoms with Crippen LogP contribution in [0.15, 0.2) is 12.7 Å². The van der Waals surface area contributed by atoms with Crippen LogP contribution < -0.4 is 0 Å². The Bertz CT molecular complexity index is 275. The minimum Gasteiger partial charge on any atom is -0.365 e. The van der Waals surface area contributed by atoms with Crippen molar-refractivity contribution in [1.29, 1.82) is 0 Å². The van der Waals surface area contributed by atoms with Crippen molar-refractivity contribution in [3.05, 3.63) is 12.7 Å². The lowest BCUT2D eigenvalue weighted by atomic mass is 9.94. The molecule has 0 radical (unpaired) electrons. The Morgan fingerprint density at radius 1 is 1.24 bits per heavy atom. The zero-order valence-electron chi connectivity index (χ0n) is 11.2. The maximum atomic E-state index is 5.85. The molecule has 2 heterocycles. The van der Waals surface area contributed by atoms with E-state index in [1.165, 1.54) is 0 Å². The summed E-state index contributed by atoms with van der Waals surface area (Å²) in [5, 5.41) is 0. The summed E-state index contributed by atoms with van der Waals surface area (Å²) >= 11 is 0. The normalized spacial score (nSPS) is 34.3. The maximum absolute atomic E-state index is 5.85. The monoisotopic (exact) mass is 240 g/mol. The molecule has 2 rings (SSSR count). The molecule has 3 nitrogen and oxygen atoms in total. The fourth-order valence-electron chi connectivity index (χ4n) is 2.14. The average molecular weight is 240 g/mol. The van der Waals surface area contributed by atoms with Gasteiger partial charge in [0.1, 0.15) is 6.10 Å². The van der Waals surface area contributed by atoms with E-state index in [4.69, 9.17) is 14.2 Å². The molecule has 0 aromatic rings. The van der Waals surface area contributed by atoms with Gasteiger partial charge in [-0.2, -0.15) is 0 Å².